The summed E-state index contributed by atoms with van der Waals surface area (Å²) >= 11 is 6.22. The van der Waals surface area contributed by atoms with Crippen LogP contribution in [0.5, 0.6) is 0 Å². The Bertz CT molecular complexity index is 605. The van der Waals surface area contributed by atoms with E-state index in [-0.39, 0.29) is 0 Å². The van der Waals surface area contributed by atoms with Crippen molar-refractivity contribution in [1.82, 2.24) is 9.97 Å². The molecule has 0 aliphatic heterocycles. The van der Waals surface area contributed by atoms with E-state index < -0.39 is 0 Å². The van der Waals surface area contributed by atoms with E-state index in [9.17, 15) is 0 Å². The SMILES string of the molecule is N=C(CC1CC1)/C(=N\N)c1nc(NC2CCCCC2)ncc1Cl. The van der Waals surface area contributed by atoms with E-state index in [2.05, 4.69) is 20.4 Å². The Kier molecular flexibility index (Phi) is 5.10. The van der Waals surface area contributed by atoms with Gasteiger partial charge in [0.2, 0.25) is 5.95 Å². The lowest BCUT2D eigenvalue weighted by Gasteiger charge is -2.23. The van der Waals surface area contributed by atoms with Gasteiger partial charge in [0, 0.05) is 6.04 Å². The Labute approximate surface area is 141 Å². The fourth-order valence-corrected chi connectivity index (χ4v) is 3.20. The Hall–Kier alpha value is -1.69. The molecular weight excluding hydrogens is 312 g/mol. The molecule has 3 rings (SSSR count). The van der Waals surface area contributed by atoms with Crippen LogP contribution in [0.15, 0.2) is 11.3 Å². The van der Waals surface area contributed by atoms with Gasteiger partial charge in [-0.2, -0.15) is 5.10 Å². The molecule has 23 heavy (non-hydrogen) atoms. The summed E-state index contributed by atoms with van der Waals surface area (Å²) in [6.45, 7) is 0. The summed E-state index contributed by atoms with van der Waals surface area (Å²) in [5, 5.41) is 15.8. The lowest BCUT2D eigenvalue weighted by atomic mass is 9.96. The summed E-state index contributed by atoms with van der Waals surface area (Å²) in [5.74, 6) is 6.63. The second-order valence-corrected chi connectivity index (χ2v) is 6.88. The number of nitrogens with zero attached hydrogens (tertiary/aromatic N) is 3. The second-order valence-electron chi connectivity index (χ2n) is 6.47. The lowest BCUT2D eigenvalue weighted by molar-refractivity contribution is 0.461. The van der Waals surface area contributed by atoms with Crippen LogP contribution in [0.25, 0.3) is 0 Å². The van der Waals surface area contributed by atoms with Gasteiger partial charge in [-0.3, -0.25) is 0 Å². The summed E-state index contributed by atoms with van der Waals surface area (Å²) in [5.41, 5.74) is 1.23. The minimum absolute atomic E-state index is 0.371. The Balaban J connectivity index is 1.76. The second kappa shape index (κ2) is 7.25. The van der Waals surface area contributed by atoms with Crippen LogP contribution in [-0.2, 0) is 0 Å². The van der Waals surface area contributed by atoms with E-state index in [0.717, 1.165) is 12.8 Å². The van der Waals surface area contributed by atoms with Crippen molar-refractivity contribution in [3.63, 3.8) is 0 Å². The smallest absolute Gasteiger partial charge is 0.223 e. The van der Waals surface area contributed by atoms with Crippen LogP contribution in [-0.4, -0.2) is 27.4 Å². The molecule has 1 heterocycles. The normalized spacial score (nSPS) is 19.6. The summed E-state index contributed by atoms with van der Waals surface area (Å²) in [6, 6.07) is 0.405. The maximum absolute atomic E-state index is 8.22. The molecule has 0 saturated heterocycles. The van der Waals surface area contributed by atoms with Gasteiger partial charge in [-0.1, -0.05) is 30.9 Å². The quantitative estimate of drug-likeness (QED) is 0.422. The largest absolute Gasteiger partial charge is 0.351 e. The van der Waals surface area contributed by atoms with Gasteiger partial charge in [0.25, 0.3) is 0 Å². The molecule has 7 heteroatoms. The number of aromatic nitrogens is 2. The molecule has 0 unspecified atom stereocenters. The Morgan fingerprint density at radius 3 is 2.70 bits per heavy atom. The van der Waals surface area contributed by atoms with Crippen molar-refractivity contribution in [1.29, 1.82) is 5.41 Å². The average Bonchev–Trinajstić information content (AvgIpc) is 3.36. The third-order valence-electron chi connectivity index (χ3n) is 4.51. The zero-order valence-corrected chi connectivity index (χ0v) is 13.9. The third kappa shape index (κ3) is 4.19. The Morgan fingerprint density at radius 2 is 2.04 bits per heavy atom. The van der Waals surface area contributed by atoms with Crippen LogP contribution in [0, 0.1) is 11.3 Å². The van der Waals surface area contributed by atoms with Crippen molar-refractivity contribution < 1.29 is 0 Å². The molecule has 0 radical (unpaired) electrons. The van der Waals surface area contributed by atoms with Gasteiger partial charge in [0.1, 0.15) is 11.4 Å². The number of halogens is 1. The number of hydrogen-bond donors (Lipinski definition) is 3. The first-order chi connectivity index (χ1) is 11.2. The Morgan fingerprint density at radius 1 is 1.30 bits per heavy atom. The number of hydrazone groups is 1. The molecule has 1 aromatic heterocycles. The first-order valence-electron chi connectivity index (χ1n) is 8.32. The van der Waals surface area contributed by atoms with Gasteiger partial charge in [-0.15, -0.1) is 0 Å². The summed E-state index contributed by atoms with van der Waals surface area (Å²) in [4.78, 5) is 8.74. The molecule has 2 aliphatic carbocycles. The van der Waals surface area contributed by atoms with E-state index in [1.165, 1.54) is 32.1 Å². The van der Waals surface area contributed by atoms with Gasteiger partial charge in [0.05, 0.1) is 16.9 Å². The molecule has 0 bridgehead atoms. The van der Waals surface area contributed by atoms with E-state index in [1.807, 2.05) is 0 Å². The van der Waals surface area contributed by atoms with Crippen LogP contribution in [0.4, 0.5) is 5.95 Å². The summed E-state index contributed by atoms with van der Waals surface area (Å²) < 4.78 is 0. The highest BCUT2D eigenvalue weighted by atomic mass is 35.5. The summed E-state index contributed by atoms with van der Waals surface area (Å²) in [7, 11) is 0. The molecule has 2 saturated carbocycles. The van der Waals surface area contributed by atoms with E-state index in [0.29, 0.717) is 46.5 Å². The number of rotatable bonds is 6. The van der Waals surface area contributed by atoms with Crippen LogP contribution < -0.4 is 11.2 Å². The number of nitrogens with two attached hydrogens (primary N) is 1. The van der Waals surface area contributed by atoms with Gasteiger partial charge in [-0.25, -0.2) is 9.97 Å². The third-order valence-corrected chi connectivity index (χ3v) is 4.79. The number of hydrogen-bond acceptors (Lipinski definition) is 6. The van der Waals surface area contributed by atoms with Gasteiger partial charge in [-0.05, 0) is 38.0 Å². The molecule has 4 N–H and O–H groups in total. The van der Waals surface area contributed by atoms with Crippen LogP contribution >= 0.6 is 11.6 Å². The molecule has 0 atom stereocenters. The van der Waals surface area contributed by atoms with Gasteiger partial charge < -0.3 is 16.6 Å². The molecule has 2 fully saturated rings. The predicted octanol–water partition coefficient (Wildman–Crippen LogP) is 3.36. The van der Waals surface area contributed by atoms with Crippen LogP contribution in [0.3, 0.4) is 0 Å². The van der Waals surface area contributed by atoms with E-state index >= 15 is 0 Å². The lowest BCUT2D eigenvalue weighted by Crippen LogP contribution is -2.25. The fourth-order valence-electron chi connectivity index (χ4n) is 3.02. The monoisotopic (exact) mass is 334 g/mol. The molecule has 6 nitrogen and oxygen atoms in total. The highest BCUT2D eigenvalue weighted by molar-refractivity contribution is 6.50. The maximum atomic E-state index is 8.22. The predicted molar refractivity (Wildman–Crippen MR) is 93.3 cm³/mol. The minimum atomic E-state index is 0.371. The average molecular weight is 335 g/mol. The minimum Gasteiger partial charge on any atom is -0.351 e. The van der Waals surface area contributed by atoms with E-state index in [4.69, 9.17) is 22.9 Å². The fraction of sp³-hybridized carbons (Fsp3) is 0.625. The first kappa shape index (κ1) is 16.2. The van der Waals surface area contributed by atoms with Crippen molar-refractivity contribution in [3.05, 3.63) is 16.9 Å². The standard InChI is InChI=1S/C16H23ClN6/c17-12-9-20-16(21-11-4-2-1-3-5-11)22-14(12)15(23-19)13(18)8-10-6-7-10/h9-11,18H,1-8,19H2,(H,20,21,22)/b18-13?,23-15+. The van der Waals surface area contributed by atoms with Crippen molar-refractivity contribution in [2.75, 3.05) is 5.32 Å². The molecular formula is C16H23ClN6. The number of nitrogens with one attached hydrogen (secondary N) is 2. The zero-order chi connectivity index (χ0) is 16.2. The van der Waals surface area contributed by atoms with Crippen molar-refractivity contribution >= 4 is 29.0 Å². The van der Waals surface area contributed by atoms with Crippen molar-refractivity contribution in [3.8, 4) is 0 Å². The number of anilines is 1. The van der Waals surface area contributed by atoms with Gasteiger partial charge in [0.15, 0.2) is 0 Å². The molecule has 0 spiro atoms. The maximum Gasteiger partial charge on any atom is 0.223 e. The first-order valence-corrected chi connectivity index (χ1v) is 8.70. The molecule has 0 amide bonds. The van der Waals surface area contributed by atoms with Crippen LogP contribution in [0.1, 0.15) is 57.1 Å². The molecule has 1 aromatic rings. The van der Waals surface area contributed by atoms with Crippen molar-refractivity contribution in [2.24, 2.45) is 16.9 Å². The van der Waals surface area contributed by atoms with Crippen LogP contribution in [0.2, 0.25) is 5.02 Å². The van der Waals surface area contributed by atoms with Gasteiger partial charge >= 0.3 is 0 Å². The summed E-state index contributed by atoms with van der Waals surface area (Å²) in [6.07, 6.45) is 10.6. The molecule has 124 valence electrons. The molecule has 0 aromatic carbocycles. The van der Waals surface area contributed by atoms with Crippen molar-refractivity contribution in [2.45, 2.75) is 57.4 Å². The topological polar surface area (TPSA) is 100 Å². The highest BCUT2D eigenvalue weighted by Crippen LogP contribution is 2.33. The van der Waals surface area contributed by atoms with E-state index in [1.54, 1.807) is 6.20 Å². The zero-order valence-electron chi connectivity index (χ0n) is 13.2. The highest BCUT2D eigenvalue weighted by Gasteiger charge is 2.26. The molecule has 2 aliphatic rings.